The fourth-order valence-electron chi connectivity index (χ4n) is 4.39. The molecule has 2 heterocycles. The van der Waals surface area contributed by atoms with Crippen molar-refractivity contribution in [3.63, 3.8) is 0 Å². The Bertz CT molecular complexity index is 1900. The number of amides is 1. The van der Waals surface area contributed by atoms with Gasteiger partial charge in [-0.3, -0.25) is 19.3 Å². The molecule has 198 valence electrons. The predicted molar refractivity (Wildman–Crippen MR) is 152 cm³/mol. The van der Waals surface area contributed by atoms with Crippen LogP contribution >= 0.6 is 11.6 Å². The van der Waals surface area contributed by atoms with Crippen LogP contribution < -0.4 is 15.5 Å². The number of aliphatic hydroxyl groups is 1. The number of rotatable bonds is 7. The molecule has 3 N–H and O–H groups in total. The van der Waals surface area contributed by atoms with Gasteiger partial charge in [-0.05, 0) is 67.1 Å². The van der Waals surface area contributed by atoms with Crippen molar-refractivity contribution in [3.8, 4) is 0 Å². The molecule has 5 aromatic rings. The Morgan fingerprint density at radius 1 is 1.03 bits per heavy atom. The molecule has 0 bridgehead atoms. The quantitative estimate of drug-likeness (QED) is 0.249. The highest BCUT2D eigenvalue weighted by Crippen LogP contribution is 2.29. The number of hydrogen-bond donors (Lipinski definition) is 3. The molecule has 0 unspecified atom stereocenters. The summed E-state index contributed by atoms with van der Waals surface area (Å²) in [6.07, 6.45) is 2.98. The van der Waals surface area contributed by atoms with Crippen LogP contribution in [-0.4, -0.2) is 35.6 Å². The number of carbonyl (C=O) groups excluding carboxylic acids is 1. The third-order valence-electron chi connectivity index (χ3n) is 6.15. The number of aryl methyl sites for hydroxylation is 1. The molecule has 0 saturated heterocycles. The van der Waals surface area contributed by atoms with Crippen LogP contribution in [0.3, 0.4) is 0 Å². The van der Waals surface area contributed by atoms with E-state index in [2.05, 4.69) is 15.0 Å². The molecule has 5 rings (SSSR count). The van der Waals surface area contributed by atoms with E-state index in [1.807, 2.05) is 13.0 Å². The van der Waals surface area contributed by atoms with Crippen LogP contribution in [0.1, 0.15) is 15.9 Å². The van der Waals surface area contributed by atoms with Crippen LogP contribution in [0.15, 0.2) is 88.8 Å². The van der Waals surface area contributed by atoms with E-state index in [1.54, 1.807) is 41.1 Å². The summed E-state index contributed by atoms with van der Waals surface area (Å²) >= 11 is 6.39. The van der Waals surface area contributed by atoms with Crippen LogP contribution in [0.5, 0.6) is 0 Å². The summed E-state index contributed by atoms with van der Waals surface area (Å²) in [5, 5.41) is 13.4. The maximum Gasteiger partial charge on any atom is 0.261 e. The first-order valence-electron chi connectivity index (χ1n) is 11.9. The minimum Gasteiger partial charge on any atom is -0.395 e. The lowest BCUT2D eigenvalue weighted by Gasteiger charge is -2.15. The van der Waals surface area contributed by atoms with Gasteiger partial charge >= 0.3 is 0 Å². The zero-order chi connectivity index (χ0) is 27.7. The number of hydrogen-bond acceptors (Lipinski definition) is 6. The van der Waals surface area contributed by atoms with E-state index in [1.165, 1.54) is 36.5 Å². The summed E-state index contributed by atoms with van der Waals surface area (Å²) < 4.78 is 29.7. The number of nitrogens with zero attached hydrogens (tertiary/aromatic N) is 2. The highest BCUT2D eigenvalue weighted by atomic mass is 35.5. The second-order valence-corrected chi connectivity index (χ2v) is 11.0. The van der Waals surface area contributed by atoms with Crippen molar-refractivity contribution < 1.29 is 18.3 Å². The van der Waals surface area contributed by atoms with E-state index in [-0.39, 0.29) is 34.0 Å². The lowest BCUT2D eigenvalue weighted by molar-refractivity contribution is 0.102. The molecule has 0 aliphatic heterocycles. The number of fused-ring (bicyclic) bond motifs is 3. The van der Waals surface area contributed by atoms with Gasteiger partial charge in [0.2, 0.25) is 5.43 Å². The molecular weight excluding hydrogens is 540 g/mol. The molecule has 3 aromatic carbocycles. The molecule has 39 heavy (non-hydrogen) atoms. The van der Waals surface area contributed by atoms with E-state index in [9.17, 15) is 23.1 Å². The minimum atomic E-state index is -3.85. The summed E-state index contributed by atoms with van der Waals surface area (Å²) in [4.78, 5) is 30.9. The first-order chi connectivity index (χ1) is 18.7. The highest BCUT2D eigenvalue weighted by molar-refractivity contribution is 7.92. The predicted octanol–water partition coefficient (Wildman–Crippen LogP) is 4.56. The Morgan fingerprint density at radius 3 is 2.51 bits per heavy atom. The number of carbonyl (C=O) groups is 1. The standard InChI is InChI=1S/C28H23ClN4O5S/c1-17-4-2-5-19(14-17)32-39(37,38)20-9-7-18(8-10-20)31-28(36)23-16-33(12-13-34)26-21-6-3-11-30-25(21)24(29)15-22(26)27(23)35/h2-11,14-16,32,34H,12-13H2,1H3,(H,31,36). The number of benzene rings is 3. The van der Waals surface area contributed by atoms with Crippen LogP contribution in [0.2, 0.25) is 5.02 Å². The van der Waals surface area contributed by atoms with Crippen LogP contribution in [-0.2, 0) is 16.6 Å². The second kappa shape index (κ2) is 10.5. The normalized spacial score (nSPS) is 11.6. The van der Waals surface area contributed by atoms with E-state index in [0.717, 1.165) is 5.56 Å². The smallest absolute Gasteiger partial charge is 0.261 e. The van der Waals surface area contributed by atoms with Crippen molar-refractivity contribution in [2.75, 3.05) is 16.6 Å². The van der Waals surface area contributed by atoms with Crippen molar-refractivity contribution in [2.24, 2.45) is 0 Å². The molecule has 9 nitrogen and oxygen atoms in total. The van der Waals surface area contributed by atoms with E-state index in [0.29, 0.717) is 27.8 Å². The number of anilines is 2. The third-order valence-corrected chi connectivity index (χ3v) is 7.84. The molecule has 1 amide bonds. The van der Waals surface area contributed by atoms with Crippen LogP contribution in [0.25, 0.3) is 21.8 Å². The fourth-order valence-corrected chi connectivity index (χ4v) is 5.70. The number of pyridine rings is 2. The number of aliphatic hydroxyl groups excluding tert-OH is 1. The molecule has 0 spiro atoms. The molecule has 0 atom stereocenters. The zero-order valence-corrected chi connectivity index (χ0v) is 22.3. The molecule has 0 fully saturated rings. The van der Waals surface area contributed by atoms with E-state index < -0.39 is 21.4 Å². The van der Waals surface area contributed by atoms with Crippen molar-refractivity contribution >= 4 is 60.7 Å². The lowest BCUT2D eigenvalue weighted by atomic mass is 10.1. The van der Waals surface area contributed by atoms with Crippen molar-refractivity contribution in [1.29, 1.82) is 0 Å². The van der Waals surface area contributed by atoms with Crippen LogP contribution in [0.4, 0.5) is 11.4 Å². The summed E-state index contributed by atoms with van der Waals surface area (Å²) in [5.74, 6) is -0.690. The van der Waals surface area contributed by atoms with Gasteiger partial charge in [-0.2, -0.15) is 0 Å². The minimum absolute atomic E-state index is 0.00754. The van der Waals surface area contributed by atoms with E-state index in [4.69, 9.17) is 11.6 Å². The maximum absolute atomic E-state index is 13.4. The Balaban J connectivity index is 1.46. The molecule has 2 aromatic heterocycles. The summed E-state index contributed by atoms with van der Waals surface area (Å²) in [7, 11) is -3.85. The average Bonchev–Trinajstić information content (AvgIpc) is 2.90. The SMILES string of the molecule is Cc1cccc(NS(=O)(=O)c2ccc(NC(=O)c3cn(CCO)c4c(cc(Cl)c5ncccc54)c3=O)cc2)c1. The van der Waals surface area contributed by atoms with Gasteiger partial charge in [0.25, 0.3) is 15.9 Å². The highest BCUT2D eigenvalue weighted by Gasteiger charge is 2.20. The molecule has 0 saturated carbocycles. The zero-order valence-electron chi connectivity index (χ0n) is 20.7. The Labute approximate surface area is 228 Å². The average molecular weight is 563 g/mol. The van der Waals surface area contributed by atoms with Gasteiger partial charge in [0, 0.05) is 41.1 Å². The monoisotopic (exact) mass is 562 g/mol. The van der Waals surface area contributed by atoms with Gasteiger partial charge in [-0.15, -0.1) is 0 Å². The van der Waals surface area contributed by atoms with Crippen LogP contribution in [0, 0.1) is 6.92 Å². The van der Waals surface area contributed by atoms with Gasteiger partial charge in [-0.1, -0.05) is 23.7 Å². The largest absolute Gasteiger partial charge is 0.395 e. The Kier molecular flexibility index (Phi) is 7.09. The maximum atomic E-state index is 13.4. The lowest BCUT2D eigenvalue weighted by Crippen LogP contribution is -2.24. The van der Waals surface area contributed by atoms with Crippen molar-refractivity contribution in [3.05, 3.63) is 105 Å². The first kappa shape index (κ1) is 26.4. The molecule has 0 aliphatic carbocycles. The molecular formula is C28H23ClN4O5S. The number of aromatic nitrogens is 2. The van der Waals surface area contributed by atoms with E-state index >= 15 is 0 Å². The summed E-state index contributed by atoms with van der Waals surface area (Å²) in [6.45, 7) is 1.76. The Hall–Kier alpha value is -4.25. The van der Waals surface area contributed by atoms with Gasteiger partial charge < -0.3 is 15.0 Å². The van der Waals surface area contributed by atoms with Gasteiger partial charge in [-0.25, -0.2) is 8.42 Å². The van der Waals surface area contributed by atoms with Gasteiger partial charge in [0.15, 0.2) is 0 Å². The van der Waals surface area contributed by atoms with Crippen molar-refractivity contribution in [2.45, 2.75) is 18.4 Å². The van der Waals surface area contributed by atoms with Gasteiger partial charge in [0.1, 0.15) is 5.56 Å². The number of halogens is 1. The van der Waals surface area contributed by atoms with Crippen molar-refractivity contribution in [1.82, 2.24) is 9.55 Å². The molecule has 0 aliphatic rings. The second-order valence-electron chi connectivity index (χ2n) is 8.90. The topological polar surface area (TPSA) is 130 Å². The Morgan fingerprint density at radius 2 is 1.79 bits per heavy atom. The van der Waals surface area contributed by atoms with Gasteiger partial charge in [0.05, 0.1) is 27.6 Å². The first-order valence-corrected chi connectivity index (χ1v) is 13.8. The summed E-state index contributed by atoms with van der Waals surface area (Å²) in [5.41, 5.74) is 1.96. The third kappa shape index (κ3) is 5.22. The number of sulfonamides is 1. The fraction of sp³-hybridized carbons (Fsp3) is 0.107. The molecule has 0 radical (unpaired) electrons. The molecule has 11 heteroatoms. The number of nitrogens with one attached hydrogen (secondary N) is 2. The summed E-state index contributed by atoms with van der Waals surface area (Å²) in [6, 6.07) is 17.5.